The van der Waals surface area contributed by atoms with Gasteiger partial charge < -0.3 is 4.74 Å². The van der Waals surface area contributed by atoms with Gasteiger partial charge in [-0.25, -0.2) is 9.07 Å². The molecule has 4 heteroatoms. The summed E-state index contributed by atoms with van der Waals surface area (Å²) in [6, 6.07) is 6.54. The number of aromatic nitrogens is 2. The smallest absolute Gasteiger partial charge is 0.123 e. The molecule has 0 saturated heterocycles. The Morgan fingerprint density at radius 1 is 1.19 bits per heavy atom. The normalized spacial score (nSPS) is 30.0. The Morgan fingerprint density at radius 3 is 2.81 bits per heavy atom. The molecule has 2 heterocycles. The molecule has 26 heavy (non-hydrogen) atoms. The van der Waals surface area contributed by atoms with Crippen molar-refractivity contribution in [2.24, 2.45) is 5.41 Å². The van der Waals surface area contributed by atoms with Crippen molar-refractivity contribution in [3.8, 4) is 5.69 Å². The quantitative estimate of drug-likeness (QED) is 0.687. The van der Waals surface area contributed by atoms with E-state index in [4.69, 9.17) is 4.74 Å². The molecule has 1 aromatic heterocycles. The van der Waals surface area contributed by atoms with Crippen LogP contribution in [-0.2, 0) is 11.2 Å². The lowest BCUT2D eigenvalue weighted by Gasteiger charge is -2.55. The van der Waals surface area contributed by atoms with Gasteiger partial charge in [-0.3, -0.25) is 0 Å². The second-order valence-electron chi connectivity index (χ2n) is 7.96. The first kappa shape index (κ1) is 16.0. The van der Waals surface area contributed by atoms with Gasteiger partial charge in [0, 0.05) is 5.41 Å². The molecule has 0 N–H and O–H groups in total. The van der Waals surface area contributed by atoms with Crippen molar-refractivity contribution in [3.63, 3.8) is 0 Å². The number of ether oxygens (including phenoxy) is 1. The number of hydrogen-bond acceptors (Lipinski definition) is 2. The molecule has 1 spiro atoms. The molecular weight excluding hydrogens is 327 g/mol. The van der Waals surface area contributed by atoms with Crippen molar-refractivity contribution >= 4 is 6.08 Å². The number of hydrogen-bond donors (Lipinski definition) is 0. The summed E-state index contributed by atoms with van der Waals surface area (Å²) < 4.78 is 21.6. The molecule has 0 unspecified atom stereocenters. The highest BCUT2D eigenvalue weighted by atomic mass is 19.1. The standard InChI is InChI=1S/C22H23FN2O/c1-21-14-16-15-24-25(19-8-6-18(23)7-9-19)20(16)13-17(21)5-4-11-22(21)10-2-3-12-26-22/h2-3,6-9,13,15H,4-5,10-12,14H2,1H3/t21-,22-/m0/s1. The summed E-state index contributed by atoms with van der Waals surface area (Å²) >= 11 is 0. The third kappa shape index (κ3) is 2.18. The summed E-state index contributed by atoms with van der Waals surface area (Å²) in [5, 5.41) is 4.62. The van der Waals surface area contributed by atoms with Crippen LogP contribution in [0.15, 0.2) is 48.2 Å². The van der Waals surface area contributed by atoms with Crippen LogP contribution in [0, 0.1) is 11.2 Å². The maximum atomic E-state index is 13.3. The third-order valence-electron chi connectivity index (χ3n) is 6.62. The number of halogens is 1. The van der Waals surface area contributed by atoms with Crippen molar-refractivity contribution in [3.05, 3.63) is 65.3 Å². The van der Waals surface area contributed by atoms with Crippen molar-refractivity contribution < 1.29 is 9.13 Å². The number of benzene rings is 1. The molecule has 0 radical (unpaired) electrons. The van der Waals surface area contributed by atoms with Crippen LogP contribution in [0.3, 0.4) is 0 Å². The van der Waals surface area contributed by atoms with Gasteiger partial charge in [0.05, 0.1) is 29.8 Å². The molecule has 0 amide bonds. The Balaban J connectivity index is 1.60. The minimum absolute atomic E-state index is 0.0136. The van der Waals surface area contributed by atoms with Gasteiger partial charge in [-0.05, 0) is 68.0 Å². The molecule has 1 saturated carbocycles. The van der Waals surface area contributed by atoms with Gasteiger partial charge in [-0.2, -0.15) is 5.10 Å². The summed E-state index contributed by atoms with van der Waals surface area (Å²) in [5.74, 6) is -0.225. The van der Waals surface area contributed by atoms with Crippen LogP contribution in [0.2, 0.25) is 0 Å². The van der Waals surface area contributed by atoms with Gasteiger partial charge in [0.1, 0.15) is 5.82 Å². The first-order chi connectivity index (χ1) is 12.6. The van der Waals surface area contributed by atoms with Gasteiger partial charge >= 0.3 is 0 Å². The molecule has 2 atom stereocenters. The van der Waals surface area contributed by atoms with E-state index in [0.29, 0.717) is 6.61 Å². The Labute approximate surface area is 153 Å². The molecule has 1 aromatic carbocycles. The molecule has 2 aromatic rings. The number of rotatable bonds is 1. The lowest BCUT2D eigenvalue weighted by Crippen LogP contribution is -2.54. The SMILES string of the molecule is C[C@]12Cc3cnn(-c4ccc(F)cc4)c3C=C1CCC[C@@]21CC=CCO1. The molecular formula is C22H23FN2O. The monoisotopic (exact) mass is 350 g/mol. The Morgan fingerprint density at radius 2 is 2.04 bits per heavy atom. The molecule has 1 fully saturated rings. The fourth-order valence-electron chi connectivity index (χ4n) is 5.10. The first-order valence-electron chi connectivity index (χ1n) is 9.44. The maximum Gasteiger partial charge on any atom is 0.123 e. The van der Waals surface area contributed by atoms with Crippen LogP contribution in [0.5, 0.6) is 0 Å². The fraction of sp³-hybridized carbons (Fsp3) is 0.409. The van der Waals surface area contributed by atoms with Gasteiger partial charge in [-0.1, -0.05) is 24.6 Å². The van der Waals surface area contributed by atoms with Crippen molar-refractivity contribution in [2.45, 2.75) is 44.6 Å². The average Bonchev–Trinajstić information content (AvgIpc) is 3.05. The minimum atomic E-state index is -0.225. The lowest BCUT2D eigenvalue weighted by atomic mass is 9.56. The maximum absolute atomic E-state index is 13.3. The van der Waals surface area contributed by atoms with Crippen LogP contribution in [0.1, 0.15) is 43.9 Å². The third-order valence-corrected chi connectivity index (χ3v) is 6.62. The van der Waals surface area contributed by atoms with Crippen LogP contribution >= 0.6 is 0 Å². The number of fused-ring (bicyclic) bond motifs is 3. The van der Waals surface area contributed by atoms with Crippen molar-refractivity contribution in [2.75, 3.05) is 6.61 Å². The first-order valence-corrected chi connectivity index (χ1v) is 9.44. The van der Waals surface area contributed by atoms with Gasteiger partial charge in [0.25, 0.3) is 0 Å². The van der Waals surface area contributed by atoms with E-state index in [1.165, 1.54) is 23.3 Å². The average molecular weight is 350 g/mol. The van der Waals surface area contributed by atoms with E-state index in [1.54, 1.807) is 12.1 Å². The minimum Gasteiger partial charge on any atom is -0.370 e. The van der Waals surface area contributed by atoms with E-state index in [9.17, 15) is 4.39 Å². The molecule has 2 aliphatic carbocycles. The fourth-order valence-corrected chi connectivity index (χ4v) is 5.10. The van der Waals surface area contributed by atoms with Crippen LogP contribution in [0.4, 0.5) is 4.39 Å². The van der Waals surface area contributed by atoms with Crippen LogP contribution < -0.4 is 0 Å². The summed E-state index contributed by atoms with van der Waals surface area (Å²) in [6.45, 7) is 3.08. The van der Waals surface area contributed by atoms with E-state index in [0.717, 1.165) is 43.5 Å². The molecule has 134 valence electrons. The molecule has 5 rings (SSSR count). The zero-order valence-corrected chi connectivity index (χ0v) is 15.0. The Kier molecular flexibility index (Phi) is 3.48. The highest BCUT2D eigenvalue weighted by Gasteiger charge is 2.54. The second kappa shape index (κ2) is 5.65. The summed E-state index contributed by atoms with van der Waals surface area (Å²) in [6.07, 6.45) is 14.0. The van der Waals surface area contributed by atoms with Crippen molar-refractivity contribution in [1.82, 2.24) is 9.78 Å². The van der Waals surface area contributed by atoms with Crippen molar-refractivity contribution in [1.29, 1.82) is 0 Å². The predicted octanol–water partition coefficient (Wildman–Crippen LogP) is 4.86. The van der Waals surface area contributed by atoms with Gasteiger partial charge in [-0.15, -0.1) is 0 Å². The predicted molar refractivity (Wildman–Crippen MR) is 99.6 cm³/mol. The number of nitrogens with zero attached hydrogens (tertiary/aromatic N) is 2. The van der Waals surface area contributed by atoms with E-state index in [-0.39, 0.29) is 16.8 Å². The highest BCUT2D eigenvalue weighted by molar-refractivity contribution is 5.62. The molecule has 1 aliphatic heterocycles. The largest absolute Gasteiger partial charge is 0.370 e. The van der Waals surface area contributed by atoms with Gasteiger partial charge in [0.2, 0.25) is 0 Å². The van der Waals surface area contributed by atoms with Crippen LogP contribution in [0.25, 0.3) is 11.8 Å². The second-order valence-corrected chi connectivity index (χ2v) is 7.96. The summed E-state index contributed by atoms with van der Waals surface area (Å²) in [5.41, 5.74) is 4.67. The zero-order chi connectivity index (χ0) is 17.8. The molecule has 3 nitrogen and oxygen atoms in total. The summed E-state index contributed by atoms with van der Waals surface area (Å²) in [4.78, 5) is 0. The van der Waals surface area contributed by atoms with E-state index < -0.39 is 0 Å². The Hall–Kier alpha value is -2.20. The highest BCUT2D eigenvalue weighted by Crippen LogP contribution is 2.56. The Bertz CT molecular complexity index is 911. The van der Waals surface area contributed by atoms with E-state index in [2.05, 4.69) is 30.3 Å². The summed E-state index contributed by atoms with van der Waals surface area (Å²) in [7, 11) is 0. The van der Waals surface area contributed by atoms with E-state index in [1.807, 2.05) is 10.9 Å². The molecule has 0 bridgehead atoms. The zero-order valence-electron chi connectivity index (χ0n) is 15.0. The lowest BCUT2D eigenvalue weighted by molar-refractivity contribution is -0.127. The van der Waals surface area contributed by atoms with Crippen LogP contribution in [-0.4, -0.2) is 22.0 Å². The molecule has 3 aliphatic rings. The van der Waals surface area contributed by atoms with E-state index >= 15 is 0 Å². The van der Waals surface area contributed by atoms with Gasteiger partial charge in [0.15, 0.2) is 0 Å². The topological polar surface area (TPSA) is 27.1 Å².